The Bertz CT molecular complexity index is 1200. The van der Waals surface area contributed by atoms with Crippen LogP contribution in [0.25, 0.3) is 6.08 Å². The van der Waals surface area contributed by atoms with Gasteiger partial charge in [0.05, 0.1) is 12.0 Å². The van der Waals surface area contributed by atoms with Crippen LogP contribution in [-0.4, -0.2) is 15.5 Å². The highest BCUT2D eigenvalue weighted by Crippen LogP contribution is 2.34. The minimum Gasteiger partial charge on any atom is -0.493 e. The van der Waals surface area contributed by atoms with E-state index in [1.807, 2.05) is 0 Å². The van der Waals surface area contributed by atoms with Crippen LogP contribution in [-0.2, 0) is 16.4 Å². The lowest BCUT2D eigenvalue weighted by atomic mass is 10.1. The number of nitriles is 1. The van der Waals surface area contributed by atoms with Crippen molar-refractivity contribution < 1.29 is 22.3 Å². The highest BCUT2D eigenvalue weighted by Gasteiger charge is 2.21. The number of hydrogen-bond acceptors (Lipinski definition) is 5. The van der Waals surface area contributed by atoms with Crippen molar-refractivity contribution in [2.24, 2.45) is 0 Å². The molecule has 5 nitrogen and oxygen atoms in total. The summed E-state index contributed by atoms with van der Waals surface area (Å²) >= 11 is 0. The molecule has 0 heterocycles. The molecule has 0 amide bonds. The van der Waals surface area contributed by atoms with E-state index in [2.05, 4.69) is 0 Å². The number of hydrogen-bond donors (Lipinski definition) is 0. The van der Waals surface area contributed by atoms with Crippen molar-refractivity contribution in [3.05, 3.63) is 94.6 Å². The highest BCUT2D eigenvalue weighted by molar-refractivity contribution is 7.95. The lowest BCUT2D eigenvalue weighted by Crippen LogP contribution is -2.04. The van der Waals surface area contributed by atoms with Crippen molar-refractivity contribution >= 4 is 15.9 Å². The van der Waals surface area contributed by atoms with Gasteiger partial charge < -0.3 is 9.47 Å². The number of nitrogens with zero attached hydrogens (tertiary/aromatic N) is 1. The Kier molecular flexibility index (Phi) is 6.50. The molecule has 3 aromatic rings. The fourth-order valence-corrected chi connectivity index (χ4v) is 3.91. The number of para-hydroxylation sites is 1. The summed E-state index contributed by atoms with van der Waals surface area (Å²) in [5, 5.41) is 9.53. The Morgan fingerprint density at radius 1 is 1.03 bits per heavy atom. The van der Waals surface area contributed by atoms with E-state index in [4.69, 9.17) is 9.47 Å². The third kappa shape index (κ3) is 4.67. The quantitative estimate of drug-likeness (QED) is 0.513. The van der Waals surface area contributed by atoms with Crippen LogP contribution in [0.1, 0.15) is 11.1 Å². The number of benzene rings is 3. The van der Waals surface area contributed by atoms with Crippen molar-refractivity contribution in [1.29, 1.82) is 5.26 Å². The fourth-order valence-electron chi connectivity index (χ4n) is 2.74. The largest absolute Gasteiger partial charge is 0.493 e. The summed E-state index contributed by atoms with van der Waals surface area (Å²) in [7, 11) is -2.54. The second-order valence-electron chi connectivity index (χ2n) is 6.23. The number of methoxy groups -OCH3 is 1. The van der Waals surface area contributed by atoms with Crippen LogP contribution < -0.4 is 9.47 Å². The molecule has 3 rings (SSSR count). The maximum Gasteiger partial charge on any atom is 0.216 e. The monoisotopic (exact) mass is 423 g/mol. The van der Waals surface area contributed by atoms with Gasteiger partial charge in [-0.25, -0.2) is 12.8 Å². The van der Waals surface area contributed by atoms with Crippen molar-refractivity contribution in [2.75, 3.05) is 7.11 Å². The van der Waals surface area contributed by atoms with Gasteiger partial charge in [-0.1, -0.05) is 42.5 Å². The molecule has 3 aromatic carbocycles. The summed E-state index contributed by atoms with van der Waals surface area (Å²) in [5.74, 6) is 0.296. The second-order valence-corrected chi connectivity index (χ2v) is 8.15. The molecule has 30 heavy (non-hydrogen) atoms. The molecule has 7 heteroatoms. The van der Waals surface area contributed by atoms with Gasteiger partial charge in [0, 0.05) is 5.56 Å². The van der Waals surface area contributed by atoms with E-state index in [1.54, 1.807) is 54.6 Å². The molecule has 0 saturated carbocycles. The molecule has 0 radical (unpaired) electrons. The van der Waals surface area contributed by atoms with Gasteiger partial charge in [-0.2, -0.15) is 5.26 Å². The molecule has 0 bridgehead atoms. The van der Waals surface area contributed by atoms with Crippen LogP contribution in [0.2, 0.25) is 0 Å². The summed E-state index contributed by atoms with van der Waals surface area (Å²) < 4.78 is 50.0. The Labute approximate surface area is 174 Å². The highest BCUT2D eigenvalue weighted by atomic mass is 32.2. The van der Waals surface area contributed by atoms with Gasteiger partial charge in [0.2, 0.25) is 9.84 Å². The molecule has 0 aliphatic rings. The van der Waals surface area contributed by atoms with Gasteiger partial charge in [0.25, 0.3) is 0 Å². The van der Waals surface area contributed by atoms with Crippen LogP contribution in [0.3, 0.4) is 0 Å². The first-order chi connectivity index (χ1) is 14.5. The summed E-state index contributed by atoms with van der Waals surface area (Å²) in [6, 6.07) is 20.3. The lowest BCUT2D eigenvalue weighted by molar-refractivity contribution is 0.284. The van der Waals surface area contributed by atoms with Crippen molar-refractivity contribution in [2.45, 2.75) is 11.5 Å². The Morgan fingerprint density at radius 2 is 1.73 bits per heavy atom. The lowest BCUT2D eigenvalue weighted by Gasteiger charge is -2.14. The average molecular weight is 423 g/mol. The van der Waals surface area contributed by atoms with Gasteiger partial charge in [-0.15, -0.1) is 0 Å². The number of ether oxygens (including phenoxy) is 2. The molecule has 0 aromatic heterocycles. The van der Waals surface area contributed by atoms with Crippen LogP contribution in [0.5, 0.6) is 11.5 Å². The van der Waals surface area contributed by atoms with E-state index in [-0.39, 0.29) is 23.1 Å². The molecule has 0 fully saturated rings. The zero-order valence-corrected chi connectivity index (χ0v) is 16.9. The van der Waals surface area contributed by atoms with E-state index in [0.717, 1.165) is 5.56 Å². The molecule has 0 spiro atoms. The average Bonchev–Trinajstić information content (AvgIpc) is 2.77. The maximum absolute atomic E-state index is 13.1. The molecular weight excluding hydrogens is 405 g/mol. The first kappa shape index (κ1) is 21.1. The zero-order chi connectivity index (χ0) is 21.6. The van der Waals surface area contributed by atoms with Gasteiger partial charge >= 0.3 is 0 Å². The van der Waals surface area contributed by atoms with Gasteiger partial charge in [0.15, 0.2) is 11.5 Å². The molecule has 0 aliphatic carbocycles. The molecule has 0 N–H and O–H groups in total. The maximum atomic E-state index is 13.1. The van der Waals surface area contributed by atoms with E-state index in [9.17, 15) is 18.1 Å². The first-order valence-corrected chi connectivity index (χ1v) is 10.4. The minimum absolute atomic E-state index is 0.0227. The number of sulfone groups is 1. The first-order valence-electron chi connectivity index (χ1n) is 8.92. The third-order valence-corrected chi connectivity index (χ3v) is 5.95. The van der Waals surface area contributed by atoms with E-state index < -0.39 is 14.7 Å². The number of rotatable bonds is 7. The predicted molar refractivity (Wildman–Crippen MR) is 111 cm³/mol. The predicted octanol–water partition coefficient (Wildman–Crippen LogP) is 4.75. The Morgan fingerprint density at radius 3 is 2.37 bits per heavy atom. The molecule has 0 aliphatic heterocycles. The van der Waals surface area contributed by atoms with Gasteiger partial charge in [-0.05, 0) is 42.0 Å². The third-order valence-electron chi connectivity index (χ3n) is 4.27. The fraction of sp³-hybridized carbons (Fsp3) is 0.0870. The molecule has 152 valence electrons. The zero-order valence-electron chi connectivity index (χ0n) is 16.1. The number of allylic oxidation sites excluding steroid dienone is 1. The van der Waals surface area contributed by atoms with E-state index in [1.165, 1.54) is 37.5 Å². The minimum atomic E-state index is -4.00. The molecular formula is C23H18FNO4S. The van der Waals surface area contributed by atoms with Crippen LogP contribution in [0.4, 0.5) is 4.39 Å². The summed E-state index contributed by atoms with van der Waals surface area (Å²) in [4.78, 5) is -0.400. The van der Waals surface area contributed by atoms with Crippen LogP contribution in [0.15, 0.2) is 82.6 Å². The second kappa shape index (κ2) is 9.25. The molecule has 0 atom stereocenters. The topological polar surface area (TPSA) is 76.4 Å². The van der Waals surface area contributed by atoms with Gasteiger partial charge in [0.1, 0.15) is 23.4 Å². The summed E-state index contributed by atoms with van der Waals surface area (Å²) in [6.45, 7) is 0.106. The summed E-state index contributed by atoms with van der Waals surface area (Å²) in [5.41, 5.74) is 1.09. The number of halogens is 1. The van der Waals surface area contributed by atoms with E-state index in [0.29, 0.717) is 11.3 Å². The van der Waals surface area contributed by atoms with Crippen molar-refractivity contribution in [3.8, 4) is 17.6 Å². The Hall–Kier alpha value is -3.63. The standard InChI is InChI=1S/C23H18FNO4S/c1-28-22-9-5-6-18(23(22)29-16-17-10-12-19(24)13-11-17)14-21(15-25)30(26,27)20-7-3-2-4-8-20/h2-14H,16H2,1H3/b21-14+. The smallest absolute Gasteiger partial charge is 0.216 e. The van der Waals surface area contributed by atoms with E-state index >= 15 is 0 Å². The van der Waals surface area contributed by atoms with Crippen LogP contribution in [0, 0.1) is 17.1 Å². The van der Waals surface area contributed by atoms with Crippen molar-refractivity contribution in [3.63, 3.8) is 0 Å². The molecule has 0 saturated heterocycles. The summed E-state index contributed by atoms with van der Waals surface area (Å²) in [6.07, 6.45) is 1.25. The van der Waals surface area contributed by atoms with Crippen LogP contribution >= 0.6 is 0 Å². The van der Waals surface area contributed by atoms with Crippen molar-refractivity contribution in [1.82, 2.24) is 0 Å². The Balaban J connectivity index is 2.00. The van der Waals surface area contributed by atoms with Gasteiger partial charge in [-0.3, -0.25) is 0 Å². The SMILES string of the molecule is COc1cccc(/C=C(\C#N)S(=O)(=O)c2ccccc2)c1OCc1ccc(F)cc1. The normalized spacial score (nSPS) is 11.6. The molecule has 0 unspecified atom stereocenters.